The van der Waals surface area contributed by atoms with Crippen LogP contribution in [-0.4, -0.2) is 9.55 Å². The van der Waals surface area contributed by atoms with Gasteiger partial charge in [0.2, 0.25) is 0 Å². The van der Waals surface area contributed by atoms with Gasteiger partial charge >= 0.3 is 0 Å². The number of para-hydroxylation sites is 1. The van der Waals surface area contributed by atoms with Crippen LogP contribution < -0.4 is 14.5 Å². The Morgan fingerprint density at radius 1 is 0.571 bits per heavy atom. The van der Waals surface area contributed by atoms with Crippen molar-refractivity contribution in [2.45, 2.75) is 119 Å². The van der Waals surface area contributed by atoms with Crippen molar-refractivity contribution in [2.24, 2.45) is 5.41 Å². The first kappa shape index (κ1) is 45.9. The summed E-state index contributed by atoms with van der Waals surface area (Å²) in [5, 5.41) is 2.29. The van der Waals surface area contributed by atoms with E-state index in [1.54, 1.807) is 0 Å². The molecule has 0 bridgehead atoms. The van der Waals surface area contributed by atoms with Crippen LogP contribution >= 0.6 is 0 Å². The third kappa shape index (κ3) is 9.01. The van der Waals surface area contributed by atoms with Crippen LogP contribution in [0.4, 0.5) is 11.4 Å². The summed E-state index contributed by atoms with van der Waals surface area (Å²) in [7, 11) is 0. The average molecular weight is 1020 g/mol. The summed E-state index contributed by atoms with van der Waals surface area (Å²) in [6, 6.07) is 46.5. The minimum atomic E-state index is -0.382. The number of aromatic nitrogens is 2. The van der Waals surface area contributed by atoms with Crippen molar-refractivity contribution in [3.05, 3.63) is 174 Å². The summed E-state index contributed by atoms with van der Waals surface area (Å²) in [4.78, 5) is 9.51. The minimum absolute atomic E-state index is 0. The average Bonchev–Trinajstić information content (AvgIpc) is 3.81. The summed E-state index contributed by atoms with van der Waals surface area (Å²) in [5.74, 6) is 2.08. The van der Waals surface area contributed by atoms with E-state index in [2.05, 4.69) is 233 Å². The topological polar surface area (TPSA) is 33.5 Å². The maximum atomic E-state index is 6.92. The summed E-state index contributed by atoms with van der Waals surface area (Å²) >= 11 is 0. The van der Waals surface area contributed by atoms with Crippen molar-refractivity contribution >= 4 is 33.2 Å². The van der Waals surface area contributed by atoms with Gasteiger partial charge in [-0.05, 0) is 85.8 Å². The fourth-order valence-corrected chi connectivity index (χ4v) is 8.48. The molecule has 0 spiro atoms. The Morgan fingerprint density at radius 2 is 1.21 bits per heavy atom. The molecule has 0 fully saturated rings. The maximum Gasteiger partial charge on any atom is 0.135 e. The van der Waals surface area contributed by atoms with Gasteiger partial charge in [-0.15, -0.1) is 48.3 Å². The normalized spacial score (nSPS) is 14.0. The first-order valence-electron chi connectivity index (χ1n) is 22.0. The predicted octanol–water partition coefficient (Wildman–Crippen LogP) is 15.1. The summed E-state index contributed by atoms with van der Waals surface area (Å²) in [6.07, 6.45) is 4.17. The summed E-state index contributed by atoms with van der Waals surface area (Å²) in [5.41, 5.74) is 10.9. The van der Waals surface area contributed by atoms with Gasteiger partial charge in [-0.1, -0.05) is 162 Å². The molecule has 1 aliphatic rings. The molecule has 7 aromatic rings. The molecule has 0 unspecified atom stereocenters. The molecule has 8 rings (SSSR count). The molecule has 0 amide bonds. The van der Waals surface area contributed by atoms with Crippen molar-refractivity contribution in [1.29, 1.82) is 0 Å². The van der Waals surface area contributed by atoms with E-state index < -0.39 is 0 Å². The number of hydrogen-bond donors (Lipinski definition) is 0. The molecule has 63 heavy (non-hydrogen) atoms. The second-order valence-corrected chi connectivity index (χ2v) is 21.7. The van der Waals surface area contributed by atoms with E-state index in [0.717, 1.165) is 44.6 Å². The second kappa shape index (κ2) is 16.5. The van der Waals surface area contributed by atoms with E-state index in [1.165, 1.54) is 28.0 Å². The van der Waals surface area contributed by atoms with E-state index in [0.29, 0.717) is 11.5 Å². The number of rotatable bonds is 7. The second-order valence-electron chi connectivity index (χ2n) is 21.7. The smallest absolute Gasteiger partial charge is 0.135 e. The molecule has 0 N–H and O–H groups in total. The Bertz CT molecular complexity index is 2790. The van der Waals surface area contributed by atoms with E-state index in [9.17, 15) is 0 Å². The number of hydrogen-bond acceptors (Lipinski definition) is 4. The van der Waals surface area contributed by atoms with Crippen molar-refractivity contribution in [2.75, 3.05) is 9.80 Å². The van der Waals surface area contributed by atoms with Gasteiger partial charge in [-0.3, -0.25) is 0 Å². The maximum absolute atomic E-state index is 6.92. The number of ether oxygens (including phenoxy) is 1. The number of pyridine rings is 1. The van der Waals surface area contributed by atoms with Crippen LogP contribution in [-0.2, 0) is 42.7 Å². The third-order valence-corrected chi connectivity index (χ3v) is 12.4. The van der Waals surface area contributed by atoms with E-state index in [-0.39, 0.29) is 48.1 Å². The Balaban J connectivity index is 0.00000595. The monoisotopic (exact) mass is 1010 g/mol. The molecule has 3 heterocycles. The molecule has 0 atom stereocenters. The first-order valence-corrected chi connectivity index (χ1v) is 22.0. The van der Waals surface area contributed by atoms with Gasteiger partial charge in [0.15, 0.2) is 0 Å². The van der Waals surface area contributed by atoms with Gasteiger partial charge in [0.25, 0.3) is 0 Å². The van der Waals surface area contributed by atoms with Crippen LogP contribution in [0.25, 0.3) is 27.6 Å². The van der Waals surface area contributed by atoms with Crippen LogP contribution in [0.15, 0.2) is 127 Å². The van der Waals surface area contributed by atoms with Crippen LogP contribution in [0.1, 0.15) is 125 Å². The zero-order valence-corrected chi connectivity index (χ0v) is 41.9. The zero-order chi connectivity index (χ0) is 44.6. The van der Waals surface area contributed by atoms with Crippen LogP contribution in [0.3, 0.4) is 0 Å². The SMILES string of the molecule is CC(C)(C)C1=CN(c2[c-]c(Oc3[c-]c4c(c(C(C)(C)c5ccccc5)c3)c3ccccc3n4-c3cc(C(C)(C)C)ccn3)ccc2)[CH-]N1c1cc(C(C)(C)C)cc(C(C)(C)C)c1.[Pt]. The largest absolute Gasteiger partial charge is 0.509 e. The van der Waals surface area contributed by atoms with Crippen molar-refractivity contribution in [3.63, 3.8) is 0 Å². The Kier molecular flexibility index (Phi) is 12.0. The molecule has 5 aromatic carbocycles. The van der Waals surface area contributed by atoms with Crippen LogP contribution in [0.2, 0.25) is 0 Å². The fourth-order valence-electron chi connectivity index (χ4n) is 8.48. The summed E-state index contributed by atoms with van der Waals surface area (Å²) in [6.45, 7) is 34.1. The molecule has 6 heteroatoms. The number of allylic oxidation sites excluding steroid dienone is 1. The molecule has 0 radical (unpaired) electrons. The molecule has 0 saturated heterocycles. The first-order chi connectivity index (χ1) is 29.0. The van der Waals surface area contributed by atoms with Crippen molar-refractivity contribution in [3.8, 4) is 17.3 Å². The van der Waals surface area contributed by atoms with Gasteiger partial charge in [0, 0.05) is 61.1 Å². The molecule has 0 aliphatic carbocycles. The number of benzene rings is 5. The Hall–Kier alpha value is -5.12. The number of nitrogens with zero attached hydrogens (tertiary/aromatic N) is 4. The molecule has 2 aromatic heterocycles. The predicted molar refractivity (Wildman–Crippen MR) is 261 cm³/mol. The van der Waals surface area contributed by atoms with Crippen LogP contribution in [0, 0.1) is 24.2 Å². The number of fused-ring (bicyclic) bond motifs is 3. The summed E-state index contributed by atoms with van der Waals surface area (Å²) < 4.78 is 9.17. The molecule has 1 aliphatic heterocycles. The zero-order valence-electron chi connectivity index (χ0n) is 39.6. The molecule has 5 nitrogen and oxygen atoms in total. The number of anilines is 2. The van der Waals surface area contributed by atoms with Gasteiger partial charge in [-0.25, -0.2) is 4.98 Å². The fraction of sp³-hybridized carbons (Fsp3) is 0.333. The van der Waals surface area contributed by atoms with E-state index >= 15 is 0 Å². The minimum Gasteiger partial charge on any atom is -0.509 e. The Labute approximate surface area is 391 Å². The molecule has 0 saturated carbocycles. The molecular formula is C57H63N4OPt-3. The van der Waals surface area contributed by atoms with E-state index in [1.807, 2.05) is 18.3 Å². The van der Waals surface area contributed by atoms with Crippen molar-refractivity contribution < 1.29 is 25.8 Å². The Morgan fingerprint density at radius 3 is 1.84 bits per heavy atom. The van der Waals surface area contributed by atoms with Gasteiger partial charge < -0.3 is 19.1 Å². The van der Waals surface area contributed by atoms with E-state index in [4.69, 9.17) is 9.72 Å². The van der Waals surface area contributed by atoms with Gasteiger partial charge in [0.1, 0.15) is 5.82 Å². The standard InChI is InChI=1S/C57H63N4O.Pt/c1-53(2,3)39-27-28-58-51(32-39)61-48-26-19-18-25-46(48)52-47(57(13,14)38-21-16-15-17-22-38)34-45(35-49(52)61)62-44-24-20-23-42(33-44)59-36-50(56(10,11)12)60(37-59)43-30-40(54(4,5)6)29-41(31-43)55(7,8)9;/h15-32,34,36-37H,1-14H3;/q-3;. The third-order valence-electron chi connectivity index (χ3n) is 12.4. The molecular weight excluding hydrogens is 952 g/mol. The van der Waals surface area contributed by atoms with Gasteiger partial charge in [-0.2, -0.15) is 6.07 Å². The van der Waals surface area contributed by atoms with Gasteiger partial charge in [0.05, 0.1) is 0 Å². The molecule has 330 valence electrons. The van der Waals surface area contributed by atoms with Crippen molar-refractivity contribution in [1.82, 2.24) is 9.55 Å². The van der Waals surface area contributed by atoms with Crippen LogP contribution in [0.5, 0.6) is 11.5 Å². The quantitative estimate of drug-likeness (QED) is 0.149.